The van der Waals surface area contributed by atoms with Crippen LogP contribution in [-0.4, -0.2) is 38.0 Å². The third kappa shape index (κ3) is 3.13. The highest BCUT2D eigenvalue weighted by Crippen LogP contribution is 2.37. The number of aliphatic hydroxyl groups excluding tert-OH is 1. The SMILES string of the molecule is Cc1nc2c3c([nH]c2cc1Cl)C(C)N(CC(O)c1nc(Cl)c(Cl)s1)CC3. The molecule has 2 N–H and O–H groups in total. The molecule has 5 nitrogen and oxygen atoms in total. The van der Waals surface area contributed by atoms with Crippen LogP contribution in [-0.2, 0) is 6.42 Å². The highest BCUT2D eigenvalue weighted by molar-refractivity contribution is 7.16. The van der Waals surface area contributed by atoms with Crippen molar-refractivity contribution in [3.63, 3.8) is 0 Å². The standard InChI is InChI=1S/C17H17Cl3N4OS/c1-7-10(18)5-11-14(21-7)9-3-4-24(8(2)13(9)22-11)6-12(25)17-23-15(19)16(20)26-17/h5,8,12,22,25H,3-4,6H2,1-2H3. The highest BCUT2D eigenvalue weighted by atomic mass is 35.5. The molecule has 138 valence electrons. The molecule has 9 heteroatoms. The molecule has 1 aliphatic rings. The lowest BCUT2D eigenvalue weighted by Gasteiger charge is -2.34. The molecule has 0 fully saturated rings. The minimum absolute atomic E-state index is 0.118. The van der Waals surface area contributed by atoms with E-state index >= 15 is 0 Å². The molecule has 2 unspecified atom stereocenters. The Morgan fingerprint density at radius 3 is 2.85 bits per heavy atom. The van der Waals surface area contributed by atoms with Crippen molar-refractivity contribution in [3.05, 3.63) is 42.5 Å². The van der Waals surface area contributed by atoms with E-state index in [1.54, 1.807) is 0 Å². The van der Waals surface area contributed by atoms with Gasteiger partial charge in [-0.15, -0.1) is 11.3 Å². The Hall–Kier alpha value is -0.890. The number of aromatic amines is 1. The summed E-state index contributed by atoms with van der Waals surface area (Å²) >= 11 is 19.3. The molecule has 0 saturated heterocycles. The van der Waals surface area contributed by atoms with Gasteiger partial charge < -0.3 is 10.1 Å². The van der Waals surface area contributed by atoms with Crippen molar-refractivity contribution in [2.45, 2.75) is 32.4 Å². The van der Waals surface area contributed by atoms with Gasteiger partial charge in [0, 0.05) is 30.4 Å². The maximum absolute atomic E-state index is 10.5. The molecule has 3 aromatic heterocycles. The number of pyridine rings is 1. The minimum atomic E-state index is -0.729. The van der Waals surface area contributed by atoms with Gasteiger partial charge in [0.25, 0.3) is 0 Å². The number of nitrogens with one attached hydrogen (secondary N) is 1. The van der Waals surface area contributed by atoms with Gasteiger partial charge in [-0.25, -0.2) is 9.97 Å². The summed E-state index contributed by atoms with van der Waals surface area (Å²) in [6.45, 7) is 5.33. The number of thiazole rings is 1. The molecule has 4 rings (SSSR count). The molecule has 3 aromatic rings. The molecular weight excluding hydrogens is 415 g/mol. The zero-order valence-corrected chi connectivity index (χ0v) is 17.3. The van der Waals surface area contributed by atoms with Gasteiger partial charge in [0.2, 0.25) is 0 Å². The van der Waals surface area contributed by atoms with Crippen molar-refractivity contribution in [2.75, 3.05) is 13.1 Å². The van der Waals surface area contributed by atoms with Gasteiger partial charge in [0.05, 0.1) is 21.7 Å². The second kappa shape index (κ2) is 6.93. The number of fused-ring (bicyclic) bond motifs is 3. The Bertz CT molecular complexity index is 967. The number of halogens is 3. The molecule has 0 amide bonds. The number of aliphatic hydroxyl groups is 1. The number of aryl methyl sites for hydroxylation is 1. The van der Waals surface area contributed by atoms with E-state index in [1.807, 2.05) is 13.0 Å². The molecule has 26 heavy (non-hydrogen) atoms. The van der Waals surface area contributed by atoms with Crippen LogP contribution >= 0.6 is 46.1 Å². The Morgan fingerprint density at radius 2 is 2.15 bits per heavy atom. The summed E-state index contributed by atoms with van der Waals surface area (Å²) in [7, 11) is 0. The number of nitrogens with zero attached hydrogens (tertiary/aromatic N) is 3. The Labute approximate surface area is 169 Å². The van der Waals surface area contributed by atoms with Crippen molar-refractivity contribution in [1.29, 1.82) is 0 Å². The second-order valence-corrected chi connectivity index (χ2v) is 8.92. The van der Waals surface area contributed by atoms with Gasteiger partial charge in [-0.2, -0.15) is 0 Å². The summed E-state index contributed by atoms with van der Waals surface area (Å²) in [5.74, 6) is 0. The number of β-amino-alcohol motifs (C(OH)–C–C–N with tert-alkyl or cyclic N) is 1. The average Bonchev–Trinajstić information content (AvgIpc) is 3.12. The third-order valence-electron chi connectivity index (χ3n) is 4.90. The molecule has 0 radical (unpaired) electrons. The minimum Gasteiger partial charge on any atom is -0.385 e. The van der Waals surface area contributed by atoms with E-state index in [9.17, 15) is 5.11 Å². The summed E-state index contributed by atoms with van der Waals surface area (Å²) in [6.07, 6.45) is 0.132. The van der Waals surface area contributed by atoms with Crippen LogP contribution in [0.5, 0.6) is 0 Å². The fourth-order valence-electron chi connectivity index (χ4n) is 3.49. The van der Waals surface area contributed by atoms with Crippen LogP contribution in [0, 0.1) is 6.92 Å². The quantitative estimate of drug-likeness (QED) is 0.616. The Balaban J connectivity index is 1.60. The first kappa shape index (κ1) is 18.5. The van der Waals surface area contributed by atoms with Gasteiger partial charge in [-0.05, 0) is 26.3 Å². The largest absolute Gasteiger partial charge is 0.385 e. The van der Waals surface area contributed by atoms with Crippen LogP contribution in [0.15, 0.2) is 6.07 Å². The molecule has 2 atom stereocenters. The van der Waals surface area contributed by atoms with Crippen molar-refractivity contribution in [3.8, 4) is 0 Å². The van der Waals surface area contributed by atoms with Crippen molar-refractivity contribution < 1.29 is 5.11 Å². The average molecular weight is 432 g/mol. The van der Waals surface area contributed by atoms with Gasteiger partial charge in [-0.3, -0.25) is 4.90 Å². The van der Waals surface area contributed by atoms with E-state index in [0.29, 0.717) is 20.9 Å². The number of rotatable bonds is 3. The second-order valence-electron chi connectivity index (χ2n) is 6.52. The smallest absolute Gasteiger partial charge is 0.159 e. The molecule has 1 aliphatic heterocycles. The maximum Gasteiger partial charge on any atom is 0.159 e. The molecular formula is C17H17Cl3N4OS. The molecule has 0 bridgehead atoms. The van der Waals surface area contributed by atoms with E-state index in [1.165, 1.54) is 16.9 Å². The molecule has 0 aliphatic carbocycles. The van der Waals surface area contributed by atoms with Crippen molar-refractivity contribution in [2.24, 2.45) is 0 Å². The number of hydrogen-bond donors (Lipinski definition) is 2. The van der Waals surface area contributed by atoms with E-state index in [4.69, 9.17) is 34.8 Å². The van der Waals surface area contributed by atoms with E-state index in [0.717, 1.165) is 35.4 Å². The van der Waals surface area contributed by atoms with Crippen LogP contribution in [0.4, 0.5) is 0 Å². The van der Waals surface area contributed by atoms with E-state index < -0.39 is 6.10 Å². The summed E-state index contributed by atoms with van der Waals surface area (Å²) < 4.78 is 0.406. The lowest BCUT2D eigenvalue weighted by atomic mass is 9.99. The van der Waals surface area contributed by atoms with Gasteiger partial charge in [0.1, 0.15) is 15.4 Å². The first-order valence-corrected chi connectivity index (χ1v) is 10.2. The van der Waals surface area contributed by atoms with Crippen molar-refractivity contribution >= 4 is 57.2 Å². The Morgan fingerprint density at radius 1 is 1.38 bits per heavy atom. The van der Waals surface area contributed by atoms with Crippen LogP contribution in [0.3, 0.4) is 0 Å². The summed E-state index contributed by atoms with van der Waals surface area (Å²) in [5, 5.41) is 12.0. The Kier molecular flexibility index (Phi) is 4.92. The lowest BCUT2D eigenvalue weighted by Crippen LogP contribution is -2.36. The molecule has 0 aromatic carbocycles. The molecule has 0 saturated carbocycles. The predicted molar refractivity (Wildman–Crippen MR) is 107 cm³/mol. The summed E-state index contributed by atoms with van der Waals surface area (Å²) in [6, 6.07) is 2.05. The number of H-pyrrole nitrogens is 1. The summed E-state index contributed by atoms with van der Waals surface area (Å²) in [5.41, 5.74) is 5.15. The maximum atomic E-state index is 10.5. The van der Waals surface area contributed by atoms with Gasteiger partial charge in [0.15, 0.2) is 5.15 Å². The summed E-state index contributed by atoms with van der Waals surface area (Å²) in [4.78, 5) is 14.5. The van der Waals surface area contributed by atoms with Crippen LogP contribution in [0.25, 0.3) is 11.0 Å². The third-order valence-corrected chi connectivity index (χ3v) is 7.12. The zero-order chi connectivity index (χ0) is 18.6. The fraction of sp³-hybridized carbons (Fsp3) is 0.412. The number of aromatic nitrogens is 3. The predicted octanol–water partition coefficient (Wildman–Crippen LogP) is 4.94. The monoisotopic (exact) mass is 430 g/mol. The topological polar surface area (TPSA) is 65.0 Å². The first-order chi connectivity index (χ1) is 12.3. The van der Waals surface area contributed by atoms with E-state index in [-0.39, 0.29) is 11.2 Å². The molecule has 4 heterocycles. The van der Waals surface area contributed by atoms with Crippen molar-refractivity contribution in [1.82, 2.24) is 19.9 Å². The van der Waals surface area contributed by atoms with Crippen LogP contribution in [0.1, 0.15) is 41.0 Å². The van der Waals surface area contributed by atoms with Gasteiger partial charge >= 0.3 is 0 Å². The zero-order valence-electron chi connectivity index (χ0n) is 14.2. The number of hydrogen-bond acceptors (Lipinski definition) is 5. The van der Waals surface area contributed by atoms with E-state index in [2.05, 4.69) is 26.8 Å². The lowest BCUT2D eigenvalue weighted by molar-refractivity contribution is 0.0854. The van der Waals surface area contributed by atoms with Gasteiger partial charge in [-0.1, -0.05) is 34.8 Å². The van der Waals surface area contributed by atoms with Crippen LogP contribution in [0.2, 0.25) is 14.5 Å². The fourth-order valence-corrected chi connectivity index (χ4v) is 4.83. The first-order valence-electron chi connectivity index (χ1n) is 8.26. The molecule has 0 spiro atoms. The highest BCUT2D eigenvalue weighted by Gasteiger charge is 2.30. The van der Waals surface area contributed by atoms with Crippen LogP contribution < -0.4 is 0 Å². The normalized spacial score (nSPS) is 19.1.